The van der Waals surface area contributed by atoms with Gasteiger partial charge in [0.05, 0.1) is 32.2 Å². The van der Waals surface area contributed by atoms with Crippen LogP contribution in [0.4, 0.5) is 0 Å². The summed E-state index contributed by atoms with van der Waals surface area (Å²) in [5.74, 6) is 1.78. The van der Waals surface area contributed by atoms with Gasteiger partial charge in [0.1, 0.15) is 24.7 Å². The molecule has 1 N–H and O–H groups in total. The molecule has 2 rings (SSSR count). The third-order valence-corrected chi connectivity index (χ3v) is 4.61. The van der Waals surface area contributed by atoms with Crippen LogP contribution < -0.4 is 14.4 Å². The summed E-state index contributed by atoms with van der Waals surface area (Å²) in [6.45, 7) is 8.88. The van der Waals surface area contributed by atoms with Crippen molar-refractivity contribution < 1.29 is 23.9 Å². The zero-order chi connectivity index (χ0) is 17.9. The van der Waals surface area contributed by atoms with E-state index < -0.39 is 0 Å². The fraction of sp³-hybridized carbons (Fsp3) is 0.650. The standard InChI is InChI=1S/C20H31NO4/c1-3-5-14-24-18-7-6-8-19(16-18)25-15-13-21-11-9-17(10-12-21)20(22)23-4-2/h6-8,16-17H,3-5,9-15H2,1-2H3/p+1. The summed E-state index contributed by atoms with van der Waals surface area (Å²) in [5, 5.41) is 0. The van der Waals surface area contributed by atoms with Gasteiger partial charge in [0.2, 0.25) is 0 Å². The minimum absolute atomic E-state index is 0.0299. The minimum atomic E-state index is -0.0299. The number of rotatable bonds is 10. The molecule has 0 bridgehead atoms. The predicted molar refractivity (Wildman–Crippen MR) is 97.3 cm³/mol. The van der Waals surface area contributed by atoms with Gasteiger partial charge in [0.25, 0.3) is 0 Å². The number of ether oxygens (including phenoxy) is 3. The molecule has 1 aromatic carbocycles. The maximum Gasteiger partial charge on any atom is 0.309 e. The molecule has 1 aliphatic heterocycles. The molecular formula is C20H32NO4+. The lowest BCUT2D eigenvalue weighted by Gasteiger charge is -2.28. The van der Waals surface area contributed by atoms with Crippen LogP contribution in [0.3, 0.4) is 0 Å². The molecule has 0 spiro atoms. The Bertz CT molecular complexity index is 512. The fourth-order valence-electron chi connectivity index (χ4n) is 3.07. The minimum Gasteiger partial charge on any atom is -0.493 e. The van der Waals surface area contributed by atoms with E-state index in [-0.39, 0.29) is 11.9 Å². The first-order valence-electron chi connectivity index (χ1n) is 9.58. The van der Waals surface area contributed by atoms with Crippen LogP contribution in [-0.2, 0) is 9.53 Å². The number of unbranched alkanes of at least 4 members (excludes halogenated alkanes) is 1. The highest BCUT2D eigenvalue weighted by atomic mass is 16.5. The number of benzene rings is 1. The average molecular weight is 350 g/mol. The predicted octanol–water partition coefficient (Wildman–Crippen LogP) is 2.10. The number of hydrogen-bond acceptors (Lipinski definition) is 4. The SMILES string of the molecule is CCCCOc1cccc(OCC[NH+]2CCC(C(=O)OCC)CC2)c1. The highest BCUT2D eigenvalue weighted by Crippen LogP contribution is 2.19. The van der Waals surface area contributed by atoms with E-state index in [0.29, 0.717) is 13.2 Å². The first-order valence-corrected chi connectivity index (χ1v) is 9.58. The van der Waals surface area contributed by atoms with E-state index in [2.05, 4.69) is 6.92 Å². The van der Waals surface area contributed by atoms with Crippen molar-refractivity contribution in [1.82, 2.24) is 0 Å². The molecule has 1 aliphatic rings. The smallest absolute Gasteiger partial charge is 0.309 e. The fourth-order valence-corrected chi connectivity index (χ4v) is 3.07. The lowest BCUT2D eigenvalue weighted by atomic mass is 9.97. The molecular weight excluding hydrogens is 318 g/mol. The number of piperidine rings is 1. The van der Waals surface area contributed by atoms with E-state index in [1.54, 1.807) is 0 Å². The number of carbonyl (C=O) groups excluding carboxylic acids is 1. The van der Waals surface area contributed by atoms with Gasteiger partial charge in [0, 0.05) is 18.9 Å². The molecule has 1 heterocycles. The molecule has 5 nitrogen and oxygen atoms in total. The highest BCUT2D eigenvalue weighted by Gasteiger charge is 2.28. The van der Waals surface area contributed by atoms with E-state index in [4.69, 9.17) is 14.2 Å². The number of nitrogens with one attached hydrogen (secondary N) is 1. The number of hydrogen-bond donors (Lipinski definition) is 1. The quantitative estimate of drug-likeness (QED) is 0.519. The summed E-state index contributed by atoms with van der Waals surface area (Å²) >= 11 is 0. The second kappa shape index (κ2) is 11.0. The van der Waals surface area contributed by atoms with Gasteiger partial charge in [-0.05, 0) is 25.5 Å². The number of esters is 1. The average Bonchev–Trinajstić information content (AvgIpc) is 2.63. The Morgan fingerprint density at radius 3 is 2.44 bits per heavy atom. The van der Waals surface area contributed by atoms with Crippen LogP contribution in [0.25, 0.3) is 0 Å². The Morgan fingerprint density at radius 1 is 1.12 bits per heavy atom. The van der Waals surface area contributed by atoms with Crippen molar-refractivity contribution in [2.45, 2.75) is 39.5 Å². The Balaban J connectivity index is 1.66. The van der Waals surface area contributed by atoms with Crippen molar-refractivity contribution in [3.63, 3.8) is 0 Å². The summed E-state index contributed by atoms with van der Waals surface area (Å²) in [6.07, 6.45) is 4.02. The molecule has 0 atom stereocenters. The summed E-state index contributed by atoms with van der Waals surface area (Å²) < 4.78 is 16.7. The van der Waals surface area contributed by atoms with Gasteiger partial charge in [-0.1, -0.05) is 19.4 Å². The van der Waals surface area contributed by atoms with Crippen molar-refractivity contribution in [1.29, 1.82) is 0 Å². The first-order chi connectivity index (χ1) is 12.2. The van der Waals surface area contributed by atoms with Crippen molar-refractivity contribution in [3.8, 4) is 11.5 Å². The van der Waals surface area contributed by atoms with Gasteiger partial charge < -0.3 is 19.1 Å². The molecule has 0 radical (unpaired) electrons. The van der Waals surface area contributed by atoms with Crippen LogP contribution in [0, 0.1) is 5.92 Å². The molecule has 1 aromatic rings. The molecule has 0 aromatic heterocycles. The first kappa shape index (κ1) is 19.6. The second-order valence-corrected chi connectivity index (χ2v) is 6.55. The summed E-state index contributed by atoms with van der Waals surface area (Å²) in [6, 6.07) is 7.86. The van der Waals surface area contributed by atoms with Gasteiger partial charge in [-0.25, -0.2) is 0 Å². The van der Waals surface area contributed by atoms with E-state index in [0.717, 1.165) is 63.4 Å². The Morgan fingerprint density at radius 2 is 1.80 bits per heavy atom. The van der Waals surface area contributed by atoms with Crippen molar-refractivity contribution in [2.24, 2.45) is 5.92 Å². The molecule has 0 aliphatic carbocycles. The molecule has 0 unspecified atom stereocenters. The van der Waals surface area contributed by atoms with Crippen molar-refractivity contribution in [3.05, 3.63) is 24.3 Å². The van der Waals surface area contributed by atoms with E-state index in [1.165, 1.54) is 4.90 Å². The third-order valence-electron chi connectivity index (χ3n) is 4.61. The third kappa shape index (κ3) is 6.94. The monoisotopic (exact) mass is 350 g/mol. The van der Waals surface area contributed by atoms with Crippen LogP contribution in [0.15, 0.2) is 24.3 Å². The normalized spacial score (nSPS) is 20.1. The largest absolute Gasteiger partial charge is 0.493 e. The molecule has 5 heteroatoms. The molecule has 1 saturated heterocycles. The lowest BCUT2D eigenvalue weighted by molar-refractivity contribution is -0.905. The van der Waals surface area contributed by atoms with Crippen LogP contribution in [0.2, 0.25) is 0 Å². The topological polar surface area (TPSA) is 49.2 Å². The van der Waals surface area contributed by atoms with Gasteiger partial charge in [0.15, 0.2) is 0 Å². The molecule has 0 amide bonds. The number of likely N-dealkylation sites (tertiary alicyclic amines) is 1. The van der Waals surface area contributed by atoms with E-state index >= 15 is 0 Å². The zero-order valence-electron chi connectivity index (χ0n) is 15.6. The summed E-state index contributed by atoms with van der Waals surface area (Å²) in [4.78, 5) is 13.3. The van der Waals surface area contributed by atoms with Gasteiger partial charge in [-0.3, -0.25) is 4.79 Å². The maximum atomic E-state index is 11.8. The molecule has 25 heavy (non-hydrogen) atoms. The molecule has 0 saturated carbocycles. The Hall–Kier alpha value is -1.75. The highest BCUT2D eigenvalue weighted by molar-refractivity contribution is 5.72. The van der Waals surface area contributed by atoms with Crippen LogP contribution in [0.5, 0.6) is 11.5 Å². The van der Waals surface area contributed by atoms with Crippen LogP contribution in [0.1, 0.15) is 39.5 Å². The van der Waals surface area contributed by atoms with Crippen molar-refractivity contribution >= 4 is 5.97 Å². The Labute approximate surface area is 151 Å². The lowest BCUT2D eigenvalue weighted by Crippen LogP contribution is -3.13. The zero-order valence-corrected chi connectivity index (χ0v) is 15.6. The van der Waals surface area contributed by atoms with Crippen LogP contribution in [-0.4, -0.2) is 45.4 Å². The molecule has 140 valence electrons. The second-order valence-electron chi connectivity index (χ2n) is 6.55. The number of carbonyl (C=O) groups is 1. The summed E-state index contributed by atoms with van der Waals surface area (Å²) in [7, 11) is 0. The number of quaternary nitrogens is 1. The summed E-state index contributed by atoms with van der Waals surface area (Å²) in [5.41, 5.74) is 0. The van der Waals surface area contributed by atoms with Crippen LogP contribution >= 0.6 is 0 Å². The van der Waals surface area contributed by atoms with E-state index in [1.807, 2.05) is 31.2 Å². The molecule has 1 fully saturated rings. The van der Waals surface area contributed by atoms with E-state index in [9.17, 15) is 4.79 Å². The Kier molecular flexibility index (Phi) is 8.60. The van der Waals surface area contributed by atoms with Gasteiger partial charge >= 0.3 is 5.97 Å². The maximum absolute atomic E-state index is 11.8. The van der Waals surface area contributed by atoms with Gasteiger partial charge in [-0.2, -0.15) is 0 Å². The van der Waals surface area contributed by atoms with Gasteiger partial charge in [-0.15, -0.1) is 0 Å². The van der Waals surface area contributed by atoms with Crippen molar-refractivity contribution in [2.75, 3.05) is 39.5 Å².